The number of aryl methyl sites for hydroxylation is 1. The van der Waals surface area contributed by atoms with E-state index in [2.05, 4.69) is 46.1 Å². The number of sulfonamides is 1. The second-order valence-electron chi connectivity index (χ2n) is 8.76. The van der Waals surface area contributed by atoms with Gasteiger partial charge in [0.2, 0.25) is 5.91 Å². The number of carbonyl (C=O) groups is 1. The first-order valence-electron chi connectivity index (χ1n) is 11.4. The summed E-state index contributed by atoms with van der Waals surface area (Å²) in [6.07, 6.45) is 1.57. The van der Waals surface area contributed by atoms with Crippen LogP contribution in [0.5, 0.6) is 0 Å². The maximum atomic E-state index is 12.8. The lowest BCUT2D eigenvalue weighted by molar-refractivity contribution is -0.121. The first-order chi connectivity index (χ1) is 16.7. The van der Waals surface area contributed by atoms with Gasteiger partial charge in [-0.05, 0) is 74.8 Å². The molecule has 1 aliphatic rings. The molecule has 0 aromatic heterocycles. The number of anilines is 2. The lowest BCUT2D eigenvalue weighted by Gasteiger charge is -2.31. The predicted octanol–water partition coefficient (Wildman–Crippen LogP) is 5.95. The highest BCUT2D eigenvalue weighted by Crippen LogP contribution is 2.31. The molecule has 0 spiro atoms. The molecule has 1 amide bonds. The summed E-state index contributed by atoms with van der Waals surface area (Å²) in [4.78, 5) is 15.2. The number of amides is 1. The van der Waals surface area contributed by atoms with Crippen molar-refractivity contribution < 1.29 is 13.2 Å². The van der Waals surface area contributed by atoms with E-state index in [9.17, 15) is 13.2 Å². The average molecular weight is 532 g/mol. The highest BCUT2D eigenvalue weighted by molar-refractivity contribution is 7.92. The number of rotatable bonds is 7. The van der Waals surface area contributed by atoms with E-state index in [1.165, 1.54) is 29.3 Å². The highest BCUT2D eigenvalue weighted by atomic mass is 35.5. The van der Waals surface area contributed by atoms with E-state index in [0.717, 1.165) is 32.5 Å². The van der Waals surface area contributed by atoms with Gasteiger partial charge in [-0.3, -0.25) is 14.4 Å². The molecule has 1 fully saturated rings. The van der Waals surface area contributed by atoms with Crippen LogP contribution < -0.4 is 10.0 Å². The number of hydrogen-bond acceptors (Lipinski definition) is 4. The quantitative estimate of drug-likeness (QED) is 0.394. The first kappa shape index (κ1) is 25.5. The van der Waals surface area contributed by atoms with Crippen molar-refractivity contribution in [3.05, 3.63) is 87.9 Å². The van der Waals surface area contributed by atoms with Gasteiger partial charge in [0, 0.05) is 18.2 Å². The van der Waals surface area contributed by atoms with Crippen LogP contribution >= 0.6 is 23.2 Å². The van der Waals surface area contributed by atoms with Crippen LogP contribution in [-0.4, -0.2) is 32.3 Å². The maximum Gasteiger partial charge on any atom is 0.261 e. The Hall–Kier alpha value is -2.58. The van der Waals surface area contributed by atoms with Crippen LogP contribution in [0.4, 0.5) is 11.4 Å². The predicted molar refractivity (Wildman–Crippen MR) is 142 cm³/mol. The minimum atomic E-state index is -3.86. The van der Waals surface area contributed by atoms with Crippen LogP contribution in [0.25, 0.3) is 0 Å². The molecule has 2 N–H and O–H groups in total. The standard InChI is InChI=1S/C26H27Cl2N3O3S/c1-18-5-7-19(8-6-18)17-31-15-13-20(14-16-31)26(32)29-21-9-11-22(12-10-21)35(33,34)30-24-4-2-3-23(27)25(24)28/h2-12,20,30H,13-17H2,1H3,(H,29,32). The zero-order valence-electron chi connectivity index (χ0n) is 19.3. The lowest BCUT2D eigenvalue weighted by Crippen LogP contribution is -2.37. The monoisotopic (exact) mass is 531 g/mol. The van der Waals surface area contributed by atoms with E-state index in [4.69, 9.17) is 23.2 Å². The van der Waals surface area contributed by atoms with Crippen LogP contribution in [0.15, 0.2) is 71.6 Å². The van der Waals surface area contributed by atoms with E-state index >= 15 is 0 Å². The van der Waals surface area contributed by atoms with Crippen molar-refractivity contribution in [2.45, 2.75) is 31.2 Å². The molecule has 0 bridgehead atoms. The molecule has 3 aromatic carbocycles. The summed E-state index contributed by atoms with van der Waals surface area (Å²) in [5, 5.41) is 3.30. The van der Waals surface area contributed by atoms with Gasteiger partial charge in [-0.2, -0.15) is 0 Å². The fraction of sp³-hybridized carbons (Fsp3) is 0.269. The second kappa shape index (κ2) is 11.0. The van der Waals surface area contributed by atoms with Crippen molar-refractivity contribution in [3.8, 4) is 0 Å². The fourth-order valence-electron chi connectivity index (χ4n) is 4.05. The molecule has 1 aliphatic heterocycles. The number of hydrogen-bond donors (Lipinski definition) is 2. The Morgan fingerprint density at radius 3 is 2.29 bits per heavy atom. The van der Waals surface area contributed by atoms with Crippen molar-refractivity contribution in [2.75, 3.05) is 23.1 Å². The Morgan fingerprint density at radius 1 is 0.971 bits per heavy atom. The molecule has 9 heteroatoms. The zero-order valence-corrected chi connectivity index (χ0v) is 21.6. The van der Waals surface area contributed by atoms with E-state index in [1.807, 2.05) is 0 Å². The van der Waals surface area contributed by atoms with Crippen molar-refractivity contribution in [1.82, 2.24) is 4.90 Å². The second-order valence-corrected chi connectivity index (χ2v) is 11.2. The third-order valence-corrected chi connectivity index (χ3v) is 8.31. The van der Waals surface area contributed by atoms with Crippen LogP contribution in [0, 0.1) is 12.8 Å². The Morgan fingerprint density at radius 2 is 1.63 bits per heavy atom. The van der Waals surface area contributed by atoms with Crippen LogP contribution in [0.1, 0.15) is 24.0 Å². The van der Waals surface area contributed by atoms with Gasteiger partial charge < -0.3 is 5.32 Å². The van der Waals surface area contributed by atoms with E-state index < -0.39 is 10.0 Å². The molecule has 0 atom stereocenters. The molecule has 0 saturated carbocycles. The van der Waals surface area contributed by atoms with Crippen molar-refractivity contribution in [3.63, 3.8) is 0 Å². The smallest absolute Gasteiger partial charge is 0.261 e. The summed E-state index contributed by atoms with van der Waals surface area (Å²) in [6, 6.07) is 19.3. The fourth-order valence-corrected chi connectivity index (χ4v) is 5.53. The van der Waals surface area contributed by atoms with Gasteiger partial charge in [-0.1, -0.05) is 59.1 Å². The van der Waals surface area contributed by atoms with Gasteiger partial charge in [0.05, 0.1) is 20.6 Å². The summed E-state index contributed by atoms with van der Waals surface area (Å²) >= 11 is 12.1. The Bertz CT molecular complexity index is 1290. The highest BCUT2D eigenvalue weighted by Gasteiger charge is 2.25. The maximum absolute atomic E-state index is 12.8. The summed E-state index contributed by atoms with van der Waals surface area (Å²) in [7, 11) is -3.86. The molecule has 0 aliphatic carbocycles. The summed E-state index contributed by atoms with van der Waals surface area (Å²) in [6.45, 7) is 4.69. The van der Waals surface area contributed by atoms with Crippen molar-refractivity contribution >= 4 is 50.5 Å². The third-order valence-electron chi connectivity index (χ3n) is 6.11. The number of carbonyl (C=O) groups excluding carboxylic acids is 1. The molecule has 6 nitrogen and oxygen atoms in total. The van der Waals surface area contributed by atoms with Gasteiger partial charge in [0.15, 0.2) is 0 Å². The summed E-state index contributed by atoms with van der Waals surface area (Å²) in [5.74, 6) is -0.112. The molecular weight excluding hydrogens is 505 g/mol. The third kappa shape index (κ3) is 6.55. The topological polar surface area (TPSA) is 78.5 Å². The minimum absolute atomic E-state index is 0.0422. The number of benzene rings is 3. The molecule has 4 rings (SSSR count). The number of likely N-dealkylation sites (tertiary alicyclic amines) is 1. The van der Waals surface area contributed by atoms with Crippen molar-refractivity contribution in [2.24, 2.45) is 5.92 Å². The largest absolute Gasteiger partial charge is 0.326 e. The molecule has 1 heterocycles. The number of halogens is 2. The molecule has 0 radical (unpaired) electrons. The molecule has 35 heavy (non-hydrogen) atoms. The molecule has 0 unspecified atom stereocenters. The minimum Gasteiger partial charge on any atom is -0.326 e. The molecular formula is C26H27Cl2N3O3S. The first-order valence-corrected chi connectivity index (χ1v) is 13.6. The molecule has 3 aromatic rings. The molecule has 184 valence electrons. The van der Waals surface area contributed by atoms with Gasteiger partial charge >= 0.3 is 0 Å². The van der Waals surface area contributed by atoms with Crippen molar-refractivity contribution in [1.29, 1.82) is 0 Å². The zero-order chi connectivity index (χ0) is 25.0. The van der Waals surface area contributed by atoms with E-state index in [-0.39, 0.29) is 32.5 Å². The SMILES string of the molecule is Cc1ccc(CN2CCC(C(=O)Nc3ccc(S(=O)(=O)Nc4cccc(Cl)c4Cl)cc3)CC2)cc1. The molecule has 1 saturated heterocycles. The number of nitrogens with zero attached hydrogens (tertiary/aromatic N) is 1. The van der Waals surface area contributed by atoms with Gasteiger partial charge in [0.25, 0.3) is 10.0 Å². The summed E-state index contributed by atoms with van der Waals surface area (Å²) in [5.41, 5.74) is 3.28. The van der Waals surface area contributed by atoms with Crippen LogP contribution in [0.3, 0.4) is 0 Å². The van der Waals surface area contributed by atoms with Gasteiger partial charge in [0.1, 0.15) is 0 Å². The average Bonchev–Trinajstić information content (AvgIpc) is 2.84. The van der Waals surface area contributed by atoms with Gasteiger partial charge in [-0.25, -0.2) is 8.42 Å². The normalized spacial score (nSPS) is 15.1. The van der Waals surface area contributed by atoms with Crippen LogP contribution in [0.2, 0.25) is 10.0 Å². The van der Waals surface area contributed by atoms with E-state index in [0.29, 0.717) is 5.69 Å². The van der Waals surface area contributed by atoms with E-state index in [1.54, 1.807) is 24.3 Å². The summed E-state index contributed by atoms with van der Waals surface area (Å²) < 4.78 is 27.9. The number of nitrogens with one attached hydrogen (secondary N) is 2. The van der Waals surface area contributed by atoms with Gasteiger partial charge in [-0.15, -0.1) is 0 Å². The number of piperidine rings is 1. The lowest BCUT2D eigenvalue weighted by atomic mass is 9.95. The Kier molecular flexibility index (Phi) is 8.02. The van der Waals surface area contributed by atoms with Crippen LogP contribution in [-0.2, 0) is 21.4 Å². The Labute approximate surface area is 216 Å². The Balaban J connectivity index is 1.31.